The number of benzene rings is 1. The molecule has 1 aromatic rings. The van der Waals surface area contributed by atoms with E-state index in [4.69, 9.17) is 10.5 Å². The van der Waals surface area contributed by atoms with Crippen molar-refractivity contribution in [3.8, 4) is 0 Å². The highest BCUT2D eigenvalue weighted by Gasteiger charge is 2.42. The summed E-state index contributed by atoms with van der Waals surface area (Å²) in [7, 11) is 0. The third-order valence-corrected chi connectivity index (χ3v) is 4.60. The van der Waals surface area contributed by atoms with Gasteiger partial charge >= 0.3 is 18.5 Å². The summed E-state index contributed by atoms with van der Waals surface area (Å²) in [4.78, 5) is 25.0. The number of ether oxygens (including phenoxy) is 1. The molecule has 0 unspecified atom stereocenters. The zero-order chi connectivity index (χ0) is 25.9. The molecule has 2 amide bonds. The molecule has 0 saturated carbocycles. The van der Waals surface area contributed by atoms with Gasteiger partial charge in [-0.15, -0.1) is 0 Å². The maximum atomic E-state index is 13.6. The quantitative estimate of drug-likeness (QED) is 0.551. The number of anilines is 2. The summed E-state index contributed by atoms with van der Waals surface area (Å²) >= 11 is 0. The highest BCUT2D eigenvalue weighted by Crippen LogP contribution is 2.38. The SMILES string of the molecule is NC[C@@H](C(=O)Nc1ccc(N2CCOCC2=O)cc1C(F)(F)F)N(CC(F)(F)F)CC(F)(F)F. The molecule has 1 heterocycles. The number of nitrogens with one attached hydrogen (secondary N) is 1. The highest BCUT2D eigenvalue weighted by atomic mass is 19.4. The minimum absolute atomic E-state index is 0.0536. The summed E-state index contributed by atoms with van der Waals surface area (Å²) in [6, 6.07) is 0.0585. The molecule has 0 spiro atoms. The van der Waals surface area contributed by atoms with Gasteiger partial charge in [-0.1, -0.05) is 0 Å². The lowest BCUT2D eigenvalue weighted by Gasteiger charge is -2.31. The Hall–Kier alpha value is -2.59. The van der Waals surface area contributed by atoms with Crippen LogP contribution in [0.25, 0.3) is 0 Å². The molecule has 1 aliphatic heterocycles. The summed E-state index contributed by atoms with van der Waals surface area (Å²) in [5.74, 6) is -2.23. The second-order valence-corrected chi connectivity index (χ2v) is 7.20. The Morgan fingerprint density at radius 2 is 1.68 bits per heavy atom. The first-order valence-corrected chi connectivity index (χ1v) is 9.49. The van der Waals surface area contributed by atoms with E-state index in [2.05, 4.69) is 0 Å². The second kappa shape index (κ2) is 10.4. The van der Waals surface area contributed by atoms with Gasteiger partial charge in [-0.2, -0.15) is 39.5 Å². The molecule has 1 aliphatic rings. The largest absolute Gasteiger partial charge is 0.418 e. The molecular weight excluding hydrogens is 491 g/mol. The van der Waals surface area contributed by atoms with Gasteiger partial charge in [0.2, 0.25) is 5.91 Å². The van der Waals surface area contributed by atoms with Crippen molar-refractivity contribution < 1.29 is 53.8 Å². The molecule has 1 saturated heterocycles. The molecule has 0 aromatic heterocycles. The maximum absolute atomic E-state index is 13.6. The number of nitrogens with two attached hydrogens (primary N) is 1. The van der Waals surface area contributed by atoms with Crippen LogP contribution in [-0.4, -0.2) is 74.5 Å². The number of halogens is 9. The van der Waals surface area contributed by atoms with Crippen molar-refractivity contribution in [1.29, 1.82) is 0 Å². The molecule has 1 fully saturated rings. The number of hydrogen-bond donors (Lipinski definition) is 2. The van der Waals surface area contributed by atoms with Crippen LogP contribution in [0.4, 0.5) is 50.9 Å². The van der Waals surface area contributed by atoms with E-state index >= 15 is 0 Å². The molecule has 2 rings (SSSR count). The molecule has 0 aliphatic carbocycles. The Morgan fingerprint density at radius 3 is 2.15 bits per heavy atom. The maximum Gasteiger partial charge on any atom is 0.418 e. The second-order valence-electron chi connectivity index (χ2n) is 7.20. The van der Waals surface area contributed by atoms with Crippen LogP contribution in [0.2, 0.25) is 0 Å². The summed E-state index contributed by atoms with van der Waals surface area (Å²) in [6.07, 6.45) is -15.4. The molecule has 0 radical (unpaired) electrons. The summed E-state index contributed by atoms with van der Waals surface area (Å²) in [5.41, 5.74) is 2.62. The van der Waals surface area contributed by atoms with Gasteiger partial charge in [0, 0.05) is 18.8 Å². The minimum atomic E-state index is -5.15. The minimum Gasteiger partial charge on any atom is -0.370 e. The average molecular weight is 510 g/mol. The number of hydrogen-bond acceptors (Lipinski definition) is 5. The molecule has 1 atom stereocenters. The number of carbonyl (C=O) groups excluding carboxylic acids is 2. The summed E-state index contributed by atoms with van der Waals surface area (Å²) < 4.78 is 122. The fourth-order valence-electron chi connectivity index (χ4n) is 3.21. The normalized spacial score (nSPS) is 16.7. The van der Waals surface area contributed by atoms with Gasteiger partial charge in [0.15, 0.2) is 0 Å². The van der Waals surface area contributed by atoms with Gasteiger partial charge in [0.05, 0.1) is 30.9 Å². The average Bonchev–Trinajstić information content (AvgIpc) is 2.66. The Morgan fingerprint density at radius 1 is 1.09 bits per heavy atom. The summed E-state index contributed by atoms with van der Waals surface area (Å²) in [6.45, 7) is -5.76. The number of morpholine rings is 1. The van der Waals surface area contributed by atoms with Crippen molar-refractivity contribution in [2.75, 3.05) is 49.6 Å². The molecule has 16 heteroatoms. The first kappa shape index (κ1) is 27.7. The molecule has 192 valence electrons. The van der Waals surface area contributed by atoms with Gasteiger partial charge in [0.25, 0.3) is 5.91 Å². The van der Waals surface area contributed by atoms with Crippen LogP contribution < -0.4 is 16.0 Å². The van der Waals surface area contributed by atoms with E-state index in [1.165, 1.54) is 0 Å². The van der Waals surface area contributed by atoms with Gasteiger partial charge in [-0.05, 0) is 18.2 Å². The standard InChI is InChI=1S/C18H19F9N4O3/c19-16(20,21)8-30(9-17(22,23)24)13(6-28)15(33)29-12-2-1-10(5-11(12)18(25,26)27)31-3-4-34-7-14(31)32/h1-2,5,13H,3-4,6-9,28H2,(H,29,33)/t13-/m0/s1. The van der Waals surface area contributed by atoms with E-state index in [0.717, 1.165) is 17.0 Å². The van der Waals surface area contributed by atoms with Crippen LogP contribution in [0.5, 0.6) is 0 Å². The van der Waals surface area contributed by atoms with Gasteiger partial charge < -0.3 is 20.7 Å². The highest BCUT2D eigenvalue weighted by molar-refractivity contribution is 5.98. The van der Waals surface area contributed by atoms with E-state index in [1.54, 1.807) is 5.32 Å². The van der Waals surface area contributed by atoms with E-state index in [9.17, 15) is 49.1 Å². The Bertz CT molecular complexity index is 871. The van der Waals surface area contributed by atoms with Crippen LogP contribution >= 0.6 is 0 Å². The molecule has 3 N–H and O–H groups in total. The zero-order valence-corrected chi connectivity index (χ0v) is 17.2. The first-order chi connectivity index (χ1) is 15.5. The number of nitrogens with zero attached hydrogens (tertiary/aromatic N) is 2. The van der Waals surface area contributed by atoms with Crippen LogP contribution in [0, 0.1) is 0 Å². The Kier molecular flexibility index (Phi) is 8.42. The van der Waals surface area contributed by atoms with E-state index in [0.29, 0.717) is 6.07 Å². The predicted molar refractivity (Wildman–Crippen MR) is 99.8 cm³/mol. The van der Waals surface area contributed by atoms with Crippen LogP contribution in [0.15, 0.2) is 18.2 Å². The summed E-state index contributed by atoms with van der Waals surface area (Å²) in [5, 5.41) is 1.72. The fourth-order valence-corrected chi connectivity index (χ4v) is 3.21. The lowest BCUT2D eigenvalue weighted by Crippen LogP contribution is -2.54. The van der Waals surface area contributed by atoms with Crippen molar-refractivity contribution >= 4 is 23.2 Å². The third kappa shape index (κ3) is 7.73. The lowest BCUT2D eigenvalue weighted by molar-refractivity contribution is -0.186. The van der Waals surface area contributed by atoms with Crippen LogP contribution in [0.3, 0.4) is 0 Å². The third-order valence-electron chi connectivity index (χ3n) is 4.60. The number of alkyl halides is 9. The van der Waals surface area contributed by atoms with Crippen LogP contribution in [-0.2, 0) is 20.5 Å². The molecule has 1 aromatic carbocycles. The van der Waals surface area contributed by atoms with Crippen molar-refractivity contribution in [2.24, 2.45) is 5.73 Å². The van der Waals surface area contributed by atoms with Crippen LogP contribution in [0.1, 0.15) is 5.56 Å². The van der Waals surface area contributed by atoms with Gasteiger partial charge in [-0.3, -0.25) is 14.5 Å². The smallest absolute Gasteiger partial charge is 0.370 e. The van der Waals surface area contributed by atoms with Crippen molar-refractivity contribution in [2.45, 2.75) is 24.6 Å². The predicted octanol–water partition coefficient (Wildman–Crippen LogP) is 2.76. The lowest BCUT2D eigenvalue weighted by atomic mass is 10.1. The van der Waals surface area contributed by atoms with Gasteiger partial charge in [-0.25, -0.2) is 0 Å². The monoisotopic (exact) mass is 510 g/mol. The number of carbonyl (C=O) groups is 2. The molecule has 7 nitrogen and oxygen atoms in total. The van der Waals surface area contributed by atoms with Crippen molar-refractivity contribution in [3.05, 3.63) is 23.8 Å². The van der Waals surface area contributed by atoms with Crippen molar-refractivity contribution in [1.82, 2.24) is 4.90 Å². The van der Waals surface area contributed by atoms with E-state index in [1.807, 2.05) is 0 Å². The number of rotatable bonds is 7. The Labute approximate surface area is 186 Å². The van der Waals surface area contributed by atoms with Crippen molar-refractivity contribution in [3.63, 3.8) is 0 Å². The molecular formula is C18H19F9N4O3. The number of amides is 2. The first-order valence-electron chi connectivity index (χ1n) is 9.49. The fraction of sp³-hybridized carbons (Fsp3) is 0.556. The van der Waals surface area contributed by atoms with E-state index < -0.39 is 67.3 Å². The molecule has 0 bridgehead atoms. The topological polar surface area (TPSA) is 87.9 Å². The molecule has 34 heavy (non-hydrogen) atoms. The zero-order valence-electron chi connectivity index (χ0n) is 17.2. The van der Waals surface area contributed by atoms with Gasteiger partial charge in [0.1, 0.15) is 12.6 Å². The van der Waals surface area contributed by atoms with E-state index in [-0.39, 0.29) is 30.3 Å². The Balaban J connectivity index is 2.36.